The van der Waals surface area contributed by atoms with Crippen molar-refractivity contribution in [2.75, 3.05) is 39.2 Å². The molecule has 10 heteroatoms. The molecule has 0 aromatic heterocycles. The molecule has 142 valence electrons. The van der Waals surface area contributed by atoms with Crippen LogP contribution in [-0.2, 0) is 14.6 Å². The molecule has 25 heavy (non-hydrogen) atoms. The Morgan fingerprint density at radius 1 is 1.24 bits per heavy atom. The Hall–Kier alpha value is -1.39. The summed E-state index contributed by atoms with van der Waals surface area (Å²) in [6, 6.07) is 2.32. The van der Waals surface area contributed by atoms with Crippen molar-refractivity contribution in [3.63, 3.8) is 0 Å². The molecular formula is C15H20F4N2O3S. The smallest absolute Gasteiger partial charge is 0.382 e. The Morgan fingerprint density at radius 2 is 1.84 bits per heavy atom. The van der Waals surface area contributed by atoms with Crippen LogP contribution in [-0.4, -0.2) is 58.2 Å². The zero-order valence-electron chi connectivity index (χ0n) is 13.9. The molecule has 0 atom stereocenters. The third kappa shape index (κ3) is 4.06. The molecule has 0 amide bonds. The second kappa shape index (κ2) is 7.08. The first kappa shape index (κ1) is 19.9. The van der Waals surface area contributed by atoms with Crippen LogP contribution in [0.1, 0.15) is 12.8 Å². The van der Waals surface area contributed by atoms with Gasteiger partial charge in [0.05, 0.1) is 5.69 Å². The lowest BCUT2D eigenvalue weighted by Gasteiger charge is -2.43. The van der Waals surface area contributed by atoms with Gasteiger partial charge in [-0.05, 0) is 45.1 Å². The summed E-state index contributed by atoms with van der Waals surface area (Å²) in [6.45, 7) is 1.20. The van der Waals surface area contributed by atoms with E-state index in [4.69, 9.17) is 4.74 Å². The molecule has 1 aromatic carbocycles. The van der Waals surface area contributed by atoms with E-state index in [0.29, 0.717) is 32.1 Å². The van der Waals surface area contributed by atoms with Crippen molar-refractivity contribution in [2.45, 2.75) is 28.8 Å². The number of likely N-dealkylation sites (N-methyl/N-ethyl adjacent to an activating group) is 1. The first-order valence-electron chi connectivity index (χ1n) is 7.60. The largest absolute Gasteiger partial charge is 0.501 e. The van der Waals surface area contributed by atoms with Gasteiger partial charge in [0.15, 0.2) is 0 Å². The summed E-state index contributed by atoms with van der Waals surface area (Å²) in [6.07, 6.45) is 1.27. The number of rotatable bonds is 5. The van der Waals surface area contributed by atoms with E-state index in [0.717, 1.165) is 12.1 Å². The van der Waals surface area contributed by atoms with E-state index >= 15 is 0 Å². The van der Waals surface area contributed by atoms with E-state index in [1.807, 2.05) is 19.0 Å². The number of sulfone groups is 1. The number of hydrogen-bond donors (Lipinski definition) is 1. The first-order valence-corrected chi connectivity index (χ1v) is 9.08. The number of benzene rings is 1. The fourth-order valence-electron chi connectivity index (χ4n) is 2.78. The summed E-state index contributed by atoms with van der Waals surface area (Å²) in [5, 5.41) is 2.77. The predicted molar refractivity (Wildman–Crippen MR) is 84.6 cm³/mol. The van der Waals surface area contributed by atoms with Crippen molar-refractivity contribution in [2.24, 2.45) is 0 Å². The molecule has 1 fully saturated rings. The molecule has 1 heterocycles. The number of halogens is 4. The normalized spacial score (nSPS) is 18.4. The number of nitrogens with zero attached hydrogens (tertiary/aromatic N) is 1. The van der Waals surface area contributed by atoms with Crippen molar-refractivity contribution < 1.29 is 30.7 Å². The summed E-state index contributed by atoms with van der Waals surface area (Å²) < 4.78 is 80.8. The van der Waals surface area contributed by atoms with Crippen LogP contribution in [0.2, 0.25) is 0 Å². The maximum absolute atomic E-state index is 13.4. The van der Waals surface area contributed by atoms with Crippen molar-refractivity contribution >= 4 is 15.5 Å². The van der Waals surface area contributed by atoms with Gasteiger partial charge in [-0.25, -0.2) is 12.8 Å². The summed E-state index contributed by atoms with van der Waals surface area (Å²) >= 11 is 0. The van der Waals surface area contributed by atoms with Gasteiger partial charge in [0.25, 0.3) is 9.84 Å². The highest BCUT2D eigenvalue weighted by Crippen LogP contribution is 2.35. The van der Waals surface area contributed by atoms with Gasteiger partial charge < -0.3 is 15.0 Å². The lowest BCUT2D eigenvalue weighted by Crippen LogP contribution is -2.53. The van der Waals surface area contributed by atoms with Crippen LogP contribution in [0.25, 0.3) is 0 Å². The molecule has 1 saturated heterocycles. The summed E-state index contributed by atoms with van der Waals surface area (Å²) in [5.41, 5.74) is -6.17. The molecule has 0 radical (unpaired) electrons. The fraction of sp³-hybridized carbons (Fsp3) is 0.600. The van der Waals surface area contributed by atoms with Gasteiger partial charge in [0.2, 0.25) is 0 Å². The fourth-order valence-corrected chi connectivity index (χ4v) is 3.73. The maximum atomic E-state index is 13.4. The van der Waals surface area contributed by atoms with Gasteiger partial charge in [-0.15, -0.1) is 0 Å². The van der Waals surface area contributed by atoms with Gasteiger partial charge in [0, 0.05) is 25.3 Å². The van der Waals surface area contributed by atoms with E-state index in [2.05, 4.69) is 5.32 Å². The van der Waals surface area contributed by atoms with E-state index in [9.17, 15) is 26.0 Å². The molecule has 1 aliphatic rings. The highest BCUT2D eigenvalue weighted by atomic mass is 32.2. The van der Waals surface area contributed by atoms with E-state index < -0.39 is 31.6 Å². The number of anilines is 1. The zero-order chi connectivity index (χ0) is 18.9. The van der Waals surface area contributed by atoms with Crippen molar-refractivity contribution in [1.29, 1.82) is 0 Å². The zero-order valence-corrected chi connectivity index (χ0v) is 14.7. The van der Waals surface area contributed by atoms with Crippen LogP contribution in [0.4, 0.5) is 23.2 Å². The van der Waals surface area contributed by atoms with Crippen molar-refractivity contribution in [3.05, 3.63) is 24.0 Å². The maximum Gasteiger partial charge on any atom is 0.501 e. The molecule has 2 rings (SSSR count). The second-order valence-corrected chi connectivity index (χ2v) is 8.08. The molecule has 0 unspecified atom stereocenters. The average Bonchev–Trinajstić information content (AvgIpc) is 2.53. The molecule has 0 saturated carbocycles. The van der Waals surface area contributed by atoms with Gasteiger partial charge in [-0.2, -0.15) is 13.2 Å². The van der Waals surface area contributed by atoms with Crippen LogP contribution in [0.3, 0.4) is 0 Å². The molecule has 0 bridgehead atoms. The lowest BCUT2D eigenvalue weighted by molar-refractivity contribution is -0.0435. The third-order valence-electron chi connectivity index (χ3n) is 4.52. The van der Waals surface area contributed by atoms with Gasteiger partial charge in [-0.1, -0.05) is 0 Å². The van der Waals surface area contributed by atoms with Crippen LogP contribution in [0.5, 0.6) is 0 Å². The number of alkyl halides is 3. The Morgan fingerprint density at radius 3 is 2.36 bits per heavy atom. The Bertz CT molecular complexity index is 714. The minimum Gasteiger partial charge on any atom is -0.382 e. The third-order valence-corrected chi connectivity index (χ3v) is 6.04. The van der Waals surface area contributed by atoms with E-state index in [1.54, 1.807) is 0 Å². The second-order valence-electron chi connectivity index (χ2n) is 6.17. The molecule has 1 N–H and O–H groups in total. The van der Waals surface area contributed by atoms with Crippen LogP contribution < -0.4 is 5.32 Å². The predicted octanol–water partition coefficient (Wildman–Crippen LogP) is 2.64. The van der Waals surface area contributed by atoms with E-state index in [1.165, 1.54) is 0 Å². The number of nitrogens with one attached hydrogen (secondary N) is 1. The molecule has 1 aliphatic heterocycles. The minimum atomic E-state index is -5.66. The Kier molecular flexibility index (Phi) is 5.65. The number of ether oxygens (including phenoxy) is 1. The Labute approximate surface area is 143 Å². The topological polar surface area (TPSA) is 58.6 Å². The highest BCUT2D eigenvalue weighted by molar-refractivity contribution is 7.92. The van der Waals surface area contributed by atoms with Gasteiger partial charge in [0.1, 0.15) is 10.7 Å². The highest BCUT2D eigenvalue weighted by Gasteiger charge is 2.48. The molecule has 0 spiro atoms. The SMILES string of the molecule is CN(C)C1(CNc2ccc(F)cc2S(=O)(=O)C(F)(F)F)CCOCC1. The minimum absolute atomic E-state index is 0.204. The molecule has 0 aliphatic carbocycles. The Balaban J connectivity index is 2.34. The van der Waals surface area contributed by atoms with Crippen molar-refractivity contribution in [3.8, 4) is 0 Å². The average molecular weight is 384 g/mol. The van der Waals surface area contributed by atoms with Crippen LogP contribution in [0, 0.1) is 5.82 Å². The van der Waals surface area contributed by atoms with Crippen LogP contribution >= 0.6 is 0 Å². The monoisotopic (exact) mass is 384 g/mol. The van der Waals surface area contributed by atoms with E-state index in [-0.39, 0.29) is 12.2 Å². The lowest BCUT2D eigenvalue weighted by atomic mass is 9.88. The summed E-state index contributed by atoms with van der Waals surface area (Å²) in [5.74, 6) is -1.05. The van der Waals surface area contributed by atoms with Gasteiger partial charge in [-0.3, -0.25) is 0 Å². The summed E-state index contributed by atoms with van der Waals surface area (Å²) in [7, 11) is -1.99. The van der Waals surface area contributed by atoms with Gasteiger partial charge >= 0.3 is 5.51 Å². The molecular weight excluding hydrogens is 364 g/mol. The molecule has 1 aromatic rings. The van der Waals surface area contributed by atoms with Crippen LogP contribution in [0.15, 0.2) is 23.1 Å². The summed E-state index contributed by atoms with van der Waals surface area (Å²) in [4.78, 5) is 0.824. The standard InChI is InChI=1S/C15H20F4N2O3S/c1-21(2)14(5-7-24-8-6-14)10-20-12-4-3-11(16)9-13(12)25(22,23)15(17,18)19/h3-4,9,20H,5-8,10H2,1-2H3. The van der Waals surface area contributed by atoms with Crippen molar-refractivity contribution in [1.82, 2.24) is 4.90 Å². The molecule has 5 nitrogen and oxygen atoms in total. The quantitative estimate of drug-likeness (QED) is 0.791. The number of hydrogen-bond acceptors (Lipinski definition) is 5. The first-order chi connectivity index (χ1) is 11.5.